The molecule has 0 saturated carbocycles. The van der Waals surface area contributed by atoms with Crippen molar-refractivity contribution in [1.82, 2.24) is 14.7 Å². The minimum Gasteiger partial charge on any atom is -0.444 e. The van der Waals surface area contributed by atoms with Crippen LogP contribution >= 0.6 is 0 Å². The molecule has 2 aliphatic rings. The number of hydrogen-bond donors (Lipinski definition) is 0. The molecule has 1 amide bonds. The number of amides is 1. The number of aromatic nitrogens is 2. The van der Waals surface area contributed by atoms with Crippen molar-refractivity contribution in [2.75, 3.05) is 0 Å². The highest BCUT2D eigenvalue weighted by Gasteiger charge is 2.53. The molecule has 0 aromatic carbocycles. The first kappa shape index (κ1) is 20.2. The number of rotatable bonds is 1. The Morgan fingerprint density at radius 2 is 1.85 bits per heavy atom. The largest absolute Gasteiger partial charge is 0.498 e. The molecular formula is C19H32BN3O4. The summed E-state index contributed by atoms with van der Waals surface area (Å²) in [5.41, 5.74) is 0.461. The molecule has 3 heterocycles. The zero-order valence-electron chi connectivity index (χ0n) is 17.8. The number of aryl methyl sites for hydroxylation is 1. The lowest BCUT2D eigenvalue weighted by Crippen LogP contribution is -2.43. The standard InChI is InChI=1S/C19H32BN3O4/c1-13-9-10-23-15(12-22(13)16(24)25-17(2,3)4)14(11-21-23)20-26-18(5,6)19(7,8)27-20/h11,13H,9-10,12H2,1-8H3. The van der Waals surface area contributed by atoms with Gasteiger partial charge in [-0.3, -0.25) is 9.58 Å². The van der Waals surface area contributed by atoms with Crippen LogP contribution in [-0.4, -0.2) is 50.7 Å². The Bertz CT molecular complexity index is 707. The summed E-state index contributed by atoms with van der Waals surface area (Å²) in [5, 5.41) is 4.54. The Morgan fingerprint density at radius 1 is 1.26 bits per heavy atom. The van der Waals surface area contributed by atoms with E-state index in [1.165, 1.54) is 0 Å². The van der Waals surface area contributed by atoms with Gasteiger partial charge in [-0.2, -0.15) is 5.10 Å². The molecule has 150 valence electrons. The van der Waals surface area contributed by atoms with Crippen molar-refractivity contribution in [3.63, 3.8) is 0 Å². The van der Waals surface area contributed by atoms with E-state index in [-0.39, 0.29) is 12.1 Å². The van der Waals surface area contributed by atoms with Crippen molar-refractivity contribution in [2.24, 2.45) is 0 Å². The average molecular weight is 377 g/mol. The number of ether oxygens (including phenoxy) is 1. The van der Waals surface area contributed by atoms with Gasteiger partial charge in [0.1, 0.15) is 5.60 Å². The van der Waals surface area contributed by atoms with Crippen molar-refractivity contribution in [1.29, 1.82) is 0 Å². The summed E-state index contributed by atoms with van der Waals surface area (Å²) in [6, 6.07) is 0.0627. The Labute approximate surface area is 162 Å². The fraction of sp³-hybridized carbons (Fsp3) is 0.789. The summed E-state index contributed by atoms with van der Waals surface area (Å²) >= 11 is 0. The van der Waals surface area contributed by atoms with Crippen LogP contribution in [0.15, 0.2) is 6.20 Å². The highest BCUT2D eigenvalue weighted by molar-refractivity contribution is 6.62. The predicted octanol–water partition coefficient (Wildman–Crippen LogP) is 2.71. The zero-order valence-corrected chi connectivity index (χ0v) is 17.8. The third kappa shape index (κ3) is 3.87. The maximum Gasteiger partial charge on any atom is 0.498 e. The zero-order chi connectivity index (χ0) is 20.2. The van der Waals surface area contributed by atoms with Gasteiger partial charge in [0.25, 0.3) is 0 Å². The highest BCUT2D eigenvalue weighted by Crippen LogP contribution is 2.37. The quantitative estimate of drug-likeness (QED) is 0.704. The Hall–Kier alpha value is -1.54. The third-order valence-corrected chi connectivity index (χ3v) is 5.73. The minimum atomic E-state index is -0.530. The summed E-state index contributed by atoms with van der Waals surface area (Å²) < 4.78 is 20.0. The van der Waals surface area contributed by atoms with E-state index in [4.69, 9.17) is 14.0 Å². The summed E-state index contributed by atoms with van der Waals surface area (Å²) in [6.45, 7) is 17.0. The number of carbonyl (C=O) groups is 1. The molecule has 27 heavy (non-hydrogen) atoms. The van der Waals surface area contributed by atoms with Gasteiger partial charge in [0.05, 0.1) is 23.4 Å². The van der Waals surface area contributed by atoms with Crippen molar-refractivity contribution in [2.45, 2.75) is 97.7 Å². The Morgan fingerprint density at radius 3 is 2.41 bits per heavy atom. The molecule has 1 aromatic heterocycles. The lowest BCUT2D eigenvalue weighted by atomic mass is 9.79. The van der Waals surface area contributed by atoms with Crippen molar-refractivity contribution >= 4 is 18.7 Å². The van der Waals surface area contributed by atoms with Crippen LogP contribution in [0.2, 0.25) is 0 Å². The summed E-state index contributed by atoms with van der Waals surface area (Å²) in [4.78, 5) is 14.5. The Balaban J connectivity index is 1.88. The molecule has 0 radical (unpaired) electrons. The molecule has 0 aliphatic carbocycles. The molecule has 0 bridgehead atoms. The Kier molecular flexibility index (Phi) is 4.88. The highest BCUT2D eigenvalue weighted by atomic mass is 16.7. The topological polar surface area (TPSA) is 65.8 Å². The summed E-state index contributed by atoms with van der Waals surface area (Å²) in [5.74, 6) is 0. The lowest BCUT2D eigenvalue weighted by molar-refractivity contribution is 0.00578. The van der Waals surface area contributed by atoms with Gasteiger partial charge < -0.3 is 14.0 Å². The van der Waals surface area contributed by atoms with Crippen LogP contribution in [0.3, 0.4) is 0 Å². The fourth-order valence-corrected chi connectivity index (χ4v) is 3.30. The van der Waals surface area contributed by atoms with Gasteiger partial charge in [-0.25, -0.2) is 4.79 Å². The molecule has 1 unspecified atom stereocenters. The van der Waals surface area contributed by atoms with E-state index >= 15 is 0 Å². The molecule has 1 saturated heterocycles. The molecule has 3 rings (SSSR count). The third-order valence-electron chi connectivity index (χ3n) is 5.73. The molecule has 8 heteroatoms. The lowest BCUT2D eigenvalue weighted by Gasteiger charge is -2.32. The van der Waals surface area contributed by atoms with Crippen LogP contribution in [0, 0.1) is 0 Å². The first-order valence-corrected chi connectivity index (χ1v) is 9.70. The van der Waals surface area contributed by atoms with Gasteiger partial charge in [-0.15, -0.1) is 0 Å². The SMILES string of the molecule is CC1CCn2ncc(B3OC(C)(C)C(C)(C)O3)c2CN1C(=O)OC(C)(C)C. The van der Waals surface area contributed by atoms with Crippen LogP contribution in [0.1, 0.15) is 67.5 Å². The predicted molar refractivity (Wildman–Crippen MR) is 104 cm³/mol. The van der Waals surface area contributed by atoms with Gasteiger partial charge in [0.2, 0.25) is 0 Å². The van der Waals surface area contributed by atoms with Crippen LogP contribution in [0.25, 0.3) is 0 Å². The maximum atomic E-state index is 12.8. The van der Waals surface area contributed by atoms with Crippen LogP contribution in [0.5, 0.6) is 0 Å². The van der Waals surface area contributed by atoms with Crippen LogP contribution in [-0.2, 0) is 27.1 Å². The molecular weight excluding hydrogens is 345 g/mol. The first-order valence-electron chi connectivity index (χ1n) is 9.70. The summed E-state index contributed by atoms with van der Waals surface area (Å²) in [6.07, 6.45) is 2.32. The second-order valence-corrected chi connectivity index (χ2v) is 9.60. The van der Waals surface area contributed by atoms with Crippen molar-refractivity contribution < 1.29 is 18.8 Å². The number of nitrogens with zero attached hydrogens (tertiary/aromatic N) is 3. The van der Waals surface area contributed by atoms with Gasteiger partial charge in [-0.1, -0.05) is 0 Å². The van der Waals surface area contributed by atoms with Gasteiger partial charge >= 0.3 is 13.2 Å². The monoisotopic (exact) mass is 377 g/mol. The van der Waals surface area contributed by atoms with Gasteiger partial charge in [-0.05, 0) is 61.8 Å². The normalized spacial score (nSPS) is 24.5. The van der Waals surface area contributed by atoms with E-state index < -0.39 is 23.9 Å². The minimum absolute atomic E-state index is 0.0627. The van der Waals surface area contributed by atoms with Crippen LogP contribution in [0.4, 0.5) is 4.79 Å². The molecule has 0 N–H and O–H groups in total. The maximum absolute atomic E-state index is 12.8. The van der Waals surface area contributed by atoms with E-state index in [2.05, 4.69) is 5.10 Å². The van der Waals surface area contributed by atoms with E-state index in [0.717, 1.165) is 24.1 Å². The molecule has 0 spiro atoms. The second kappa shape index (κ2) is 6.52. The van der Waals surface area contributed by atoms with Gasteiger partial charge in [0.15, 0.2) is 0 Å². The molecule has 1 fully saturated rings. The van der Waals surface area contributed by atoms with Crippen LogP contribution < -0.4 is 5.46 Å². The number of hydrogen-bond acceptors (Lipinski definition) is 5. The molecule has 1 aromatic rings. The molecule has 7 nitrogen and oxygen atoms in total. The van der Waals surface area contributed by atoms with Crippen molar-refractivity contribution in [3.05, 3.63) is 11.9 Å². The average Bonchev–Trinajstić information content (AvgIpc) is 2.92. The number of carbonyl (C=O) groups excluding carboxylic acids is 1. The molecule has 1 atom stereocenters. The van der Waals surface area contributed by atoms with E-state index in [9.17, 15) is 4.79 Å². The van der Waals surface area contributed by atoms with Crippen molar-refractivity contribution in [3.8, 4) is 0 Å². The first-order chi connectivity index (χ1) is 12.3. The van der Waals surface area contributed by atoms with Gasteiger partial charge in [0, 0.05) is 24.2 Å². The molecule has 2 aliphatic heterocycles. The van der Waals surface area contributed by atoms with E-state index in [0.29, 0.717) is 6.54 Å². The second-order valence-electron chi connectivity index (χ2n) is 9.60. The van der Waals surface area contributed by atoms with E-state index in [1.54, 1.807) is 11.1 Å². The summed E-state index contributed by atoms with van der Waals surface area (Å²) in [7, 11) is -0.493. The smallest absolute Gasteiger partial charge is 0.444 e. The van der Waals surface area contributed by atoms with E-state index in [1.807, 2.05) is 60.1 Å². The fourth-order valence-electron chi connectivity index (χ4n) is 3.30. The number of fused-ring (bicyclic) bond motifs is 1.